The maximum absolute atomic E-state index is 13.4. The van der Waals surface area contributed by atoms with Gasteiger partial charge in [-0.1, -0.05) is 13.0 Å². The van der Waals surface area contributed by atoms with Crippen LogP contribution < -0.4 is 25.6 Å². The van der Waals surface area contributed by atoms with E-state index in [1.807, 2.05) is 18.7 Å². The number of urea groups is 1. The predicted molar refractivity (Wildman–Crippen MR) is 135 cm³/mol. The minimum absolute atomic E-state index is 0.0906. The molecule has 0 bridgehead atoms. The van der Waals surface area contributed by atoms with Crippen LogP contribution in [0, 0.1) is 5.41 Å². The number of rotatable bonds is 10. The molecule has 0 saturated carbocycles. The van der Waals surface area contributed by atoms with E-state index in [1.54, 1.807) is 32.2 Å². The first-order valence-electron chi connectivity index (χ1n) is 12.0. The van der Waals surface area contributed by atoms with E-state index in [4.69, 9.17) is 4.74 Å². The fourth-order valence-electron chi connectivity index (χ4n) is 4.67. The topological polar surface area (TPSA) is 146 Å². The maximum atomic E-state index is 13.4. The molecule has 0 radical (unpaired) electrons. The fraction of sp³-hybridized carbons (Fsp3) is 0.542. The lowest BCUT2D eigenvalue weighted by Gasteiger charge is -2.33. The highest BCUT2D eigenvalue weighted by molar-refractivity contribution is 7.90. The molecule has 2 atom stereocenters. The molecule has 1 saturated heterocycles. The number of carbonyl (C=O) groups is 3. The van der Waals surface area contributed by atoms with E-state index in [0.29, 0.717) is 50.4 Å². The van der Waals surface area contributed by atoms with Crippen LogP contribution in [0.15, 0.2) is 34.9 Å². The summed E-state index contributed by atoms with van der Waals surface area (Å²) in [6.45, 7) is 9.05. The summed E-state index contributed by atoms with van der Waals surface area (Å²) in [5, 5.41) is 8.03. The quantitative estimate of drug-likeness (QED) is 0.342. The molecule has 11 nitrogen and oxygen atoms in total. The van der Waals surface area contributed by atoms with Gasteiger partial charge < -0.3 is 25.6 Å². The lowest BCUT2D eigenvalue weighted by Crippen LogP contribution is -2.43. The van der Waals surface area contributed by atoms with Gasteiger partial charge in [-0.3, -0.25) is 9.59 Å². The second-order valence-corrected chi connectivity index (χ2v) is 11.0. The summed E-state index contributed by atoms with van der Waals surface area (Å²) >= 11 is 0. The molecule has 1 aromatic carbocycles. The van der Waals surface area contributed by atoms with Crippen LogP contribution in [0.2, 0.25) is 0 Å². The Bertz CT molecular complexity index is 1130. The number of anilines is 1. The summed E-state index contributed by atoms with van der Waals surface area (Å²) in [6.07, 6.45) is 2.96. The van der Waals surface area contributed by atoms with E-state index in [9.17, 15) is 22.8 Å². The smallest absolute Gasteiger partial charge is 0.328 e. The van der Waals surface area contributed by atoms with Crippen molar-refractivity contribution in [3.8, 4) is 0 Å². The van der Waals surface area contributed by atoms with Gasteiger partial charge in [0.05, 0.1) is 30.4 Å². The number of hydrogen-bond donors (Lipinski definition) is 4. The zero-order valence-electron chi connectivity index (χ0n) is 21.1. The van der Waals surface area contributed by atoms with Crippen molar-refractivity contribution in [2.45, 2.75) is 57.5 Å². The number of hydrogen-bond acceptors (Lipinski definition) is 7. The molecular formula is C24H35N5O6S. The van der Waals surface area contributed by atoms with Crippen LogP contribution in [0.25, 0.3) is 0 Å². The molecule has 198 valence electrons. The van der Waals surface area contributed by atoms with E-state index in [1.165, 1.54) is 6.07 Å². The molecule has 2 aliphatic rings. The molecule has 2 heterocycles. The SMILES string of the molecule is CCC1(CC(NC=O)c2ccc(N3CCOCC3)c(S(=O)(=O)NC(=O)NC(C)C)c2)C(=O)NC=C1C. The number of nitrogens with zero attached hydrogens (tertiary/aromatic N) is 1. The average molecular weight is 522 g/mol. The van der Waals surface area contributed by atoms with Gasteiger partial charge in [-0.05, 0) is 56.9 Å². The second-order valence-electron chi connectivity index (χ2n) is 9.34. The Kier molecular flexibility index (Phi) is 8.62. The Morgan fingerprint density at radius 2 is 1.97 bits per heavy atom. The summed E-state index contributed by atoms with van der Waals surface area (Å²) in [4.78, 5) is 38.4. The molecule has 4 amide bonds. The molecule has 1 fully saturated rings. The molecule has 3 rings (SSSR count). The van der Waals surface area contributed by atoms with Crippen molar-refractivity contribution in [1.82, 2.24) is 20.7 Å². The third kappa shape index (κ3) is 5.81. The van der Waals surface area contributed by atoms with Crippen LogP contribution in [0.4, 0.5) is 10.5 Å². The molecule has 36 heavy (non-hydrogen) atoms. The van der Waals surface area contributed by atoms with Crippen molar-refractivity contribution in [2.24, 2.45) is 5.41 Å². The Hall–Kier alpha value is -3.12. The van der Waals surface area contributed by atoms with Crippen molar-refractivity contribution >= 4 is 34.1 Å². The normalized spacial score (nSPS) is 21.0. The summed E-state index contributed by atoms with van der Waals surface area (Å²) in [7, 11) is -4.28. The zero-order valence-corrected chi connectivity index (χ0v) is 21.9. The Morgan fingerprint density at radius 1 is 1.28 bits per heavy atom. The summed E-state index contributed by atoms with van der Waals surface area (Å²) in [5.74, 6) is -0.162. The lowest BCUT2D eigenvalue weighted by atomic mass is 9.73. The van der Waals surface area contributed by atoms with E-state index in [0.717, 1.165) is 5.57 Å². The van der Waals surface area contributed by atoms with Gasteiger partial charge in [-0.2, -0.15) is 0 Å². The molecule has 4 N–H and O–H groups in total. The van der Waals surface area contributed by atoms with Gasteiger partial charge >= 0.3 is 6.03 Å². The number of sulfonamides is 1. The number of carbonyl (C=O) groups excluding carboxylic acids is 3. The van der Waals surface area contributed by atoms with Gasteiger partial charge in [0, 0.05) is 25.3 Å². The third-order valence-electron chi connectivity index (χ3n) is 6.71. The minimum Gasteiger partial charge on any atom is -0.378 e. The number of benzene rings is 1. The van der Waals surface area contributed by atoms with Crippen LogP contribution in [0.5, 0.6) is 0 Å². The van der Waals surface area contributed by atoms with E-state index in [-0.39, 0.29) is 23.3 Å². The zero-order chi connectivity index (χ0) is 26.5. The fourth-order valence-corrected chi connectivity index (χ4v) is 5.84. The maximum Gasteiger partial charge on any atom is 0.328 e. The first-order chi connectivity index (χ1) is 17.0. The molecule has 12 heteroatoms. The first-order valence-corrected chi connectivity index (χ1v) is 13.5. The molecule has 0 spiro atoms. The monoisotopic (exact) mass is 521 g/mol. The van der Waals surface area contributed by atoms with Crippen molar-refractivity contribution in [1.29, 1.82) is 0 Å². The Labute approximate surface area is 212 Å². The molecular weight excluding hydrogens is 486 g/mol. The van der Waals surface area contributed by atoms with Crippen LogP contribution in [-0.2, 0) is 24.3 Å². The van der Waals surface area contributed by atoms with Crippen LogP contribution in [0.3, 0.4) is 0 Å². The summed E-state index contributed by atoms with van der Waals surface area (Å²) in [6, 6.07) is 3.14. The molecule has 1 aromatic rings. The molecule has 2 aliphatic heterocycles. The van der Waals surface area contributed by atoms with Crippen molar-refractivity contribution < 1.29 is 27.5 Å². The highest BCUT2D eigenvalue weighted by Gasteiger charge is 2.44. The predicted octanol–water partition coefficient (Wildman–Crippen LogP) is 1.53. The molecule has 0 aliphatic carbocycles. The van der Waals surface area contributed by atoms with Gasteiger partial charge in [0.2, 0.25) is 12.3 Å². The van der Waals surface area contributed by atoms with Crippen LogP contribution >= 0.6 is 0 Å². The summed E-state index contributed by atoms with van der Waals surface area (Å²) in [5.41, 5.74) is 0.941. The highest BCUT2D eigenvalue weighted by atomic mass is 32.2. The Morgan fingerprint density at radius 3 is 2.53 bits per heavy atom. The van der Waals surface area contributed by atoms with Crippen LogP contribution in [0.1, 0.15) is 52.1 Å². The standard InChI is InChI=1S/C24H35N5O6S/c1-5-24(17(4)14-25-22(24)31)13-19(26-15-30)18-6-7-20(29-8-10-35-11-9-29)21(12-18)36(33,34)28-23(32)27-16(2)3/h6-7,12,14-16,19H,5,8-11,13H2,1-4H3,(H,25,31)(H,26,30)(H2,27,28,32). The molecule has 2 unspecified atom stereocenters. The van der Waals surface area contributed by atoms with Crippen molar-refractivity contribution in [2.75, 3.05) is 31.2 Å². The van der Waals surface area contributed by atoms with E-state index in [2.05, 4.69) is 20.7 Å². The number of ether oxygens (including phenoxy) is 1. The van der Waals surface area contributed by atoms with Gasteiger partial charge in [-0.25, -0.2) is 17.9 Å². The minimum atomic E-state index is -4.28. The van der Waals surface area contributed by atoms with E-state index < -0.39 is 27.5 Å². The first kappa shape index (κ1) is 27.5. The van der Waals surface area contributed by atoms with Crippen molar-refractivity contribution in [3.63, 3.8) is 0 Å². The van der Waals surface area contributed by atoms with Gasteiger partial charge in [0.15, 0.2) is 0 Å². The lowest BCUT2D eigenvalue weighted by molar-refractivity contribution is -0.128. The second kappa shape index (κ2) is 11.3. The largest absolute Gasteiger partial charge is 0.378 e. The molecule has 0 aromatic heterocycles. The van der Waals surface area contributed by atoms with Gasteiger partial charge in [0.1, 0.15) is 4.90 Å². The number of morpholine rings is 1. The van der Waals surface area contributed by atoms with E-state index >= 15 is 0 Å². The van der Waals surface area contributed by atoms with Gasteiger partial charge in [-0.15, -0.1) is 0 Å². The Balaban J connectivity index is 2.05. The van der Waals surface area contributed by atoms with Crippen molar-refractivity contribution in [3.05, 3.63) is 35.5 Å². The summed E-state index contributed by atoms with van der Waals surface area (Å²) < 4.78 is 34.3. The van der Waals surface area contributed by atoms with Gasteiger partial charge in [0.25, 0.3) is 10.0 Å². The average Bonchev–Trinajstić information content (AvgIpc) is 3.11. The van der Waals surface area contributed by atoms with Crippen LogP contribution in [-0.4, -0.2) is 59.1 Å². The number of nitrogens with one attached hydrogen (secondary N) is 4. The number of amides is 4. The highest BCUT2D eigenvalue weighted by Crippen LogP contribution is 2.43. The third-order valence-corrected chi connectivity index (χ3v) is 8.07.